The van der Waals surface area contributed by atoms with Crippen molar-refractivity contribution in [3.63, 3.8) is 0 Å². The standard InChI is InChI=1S/C13H23FN2O2/c1-13(2,3)18-12(17)16-7-5-11(9-16)15-6-4-10(14)8-15/h10-11H,4-9H2,1-3H3/t10-,11?/m1/s1. The van der Waals surface area contributed by atoms with Gasteiger partial charge in [0.1, 0.15) is 11.8 Å². The first-order valence-electron chi connectivity index (χ1n) is 6.71. The number of hydrogen-bond donors (Lipinski definition) is 0. The number of alkyl halides is 1. The number of rotatable bonds is 1. The van der Waals surface area contributed by atoms with E-state index in [0.717, 1.165) is 13.0 Å². The summed E-state index contributed by atoms with van der Waals surface area (Å²) >= 11 is 0. The Balaban J connectivity index is 1.83. The zero-order chi connectivity index (χ0) is 13.3. The maximum Gasteiger partial charge on any atom is 0.410 e. The molecule has 2 rings (SSSR count). The molecule has 2 heterocycles. The van der Waals surface area contributed by atoms with Crippen molar-refractivity contribution in [1.29, 1.82) is 0 Å². The normalized spacial score (nSPS) is 29.9. The highest BCUT2D eigenvalue weighted by Gasteiger charge is 2.35. The first kappa shape index (κ1) is 13.6. The van der Waals surface area contributed by atoms with E-state index in [9.17, 15) is 9.18 Å². The van der Waals surface area contributed by atoms with Gasteiger partial charge in [-0.25, -0.2) is 9.18 Å². The largest absolute Gasteiger partial charge is 0.444 e. The highest BCUT2D eigenvalue weighted by Crippen LogP contribution is 2.23. The molecule has 0 saturated carbocycles. The second kappa shape index (κ2) is 5.03. The van der Waals surface area contributed by atoms with Crippen molar-refractivity contribution in [2.45, 2.75) is 51.4 Å². The van der Waals surface area contributed by atoms with Crippen molar-refractivity contribution in [2.75, 3.05) is 26.2 Å². The summed E-state index contributed by atoms with van der Waals surface area (Å²) in [6.07, 6.45) is 0.608. The molecule has 2 aliphatic rings. The Kier molecular flexibility index (Phi) is 3.80. The Labute approximate surface area is 108 Å². The Bertz CT molecular complexity index is 317. The van der Waals surface area contributed by atoms with Crippen molar-refractivity contribution in [3.05, 3.63) is 0 Å². The molecule has 0 aliphatic carbocycles. The summed E-state index contributed by atoms with van der Waals surface area (Å²) in [6, 6.07) is 0.304. The molecule has 0 radical (unpaired) electrons. The summed E-state index contributed by atoms with van der Waals surface area (Å²) in [7, 11) is 0. The molecule has 1 unspecified atom stereocenters. The number of ether oxygens (including phenoxy) is 1. The van der Waals surface area contributed by atoms with Gasteiger partial charge in [-0.2, -0.15) is 0 Å². The quantitative estimate of drug-likeness (QED) is 0.721. The van der Waals surface area contributed by atoms with E-state index in [1.807, 2.05) is 20.8 Å². The first-order chi connectivity index (χ1) is 8.35. The molecule has 2 aliphatic heterocycles. The predicted octanol–water partition coefficient (Wildman–Crippen LogP) is 2.04. The average molecular weight is 258 g/mol. The van der Waals surface area contributed by atoms with E-state index in [4.69, 9.17) is 4.74 Å². The van der Waals surface area contributed by atoms with Crippen LogP contribution in [-0.2, 0) is 4.74 Å². The van der Waals surface area contributed by atoms with E-state index < -0.39 is 11.8 Å². The summed E-state index contributed by atoms with van der Waals surface area (Å²) in [5, 5.41) is 0. The molecule has 104 valence electrons. The van der Waals surface area contributed by atoms with Gasteiger partial charge in [0.05, 0.1) is 0 Å². The lowest BCUT2D eigenvalue weighted by Crippen LogP contribution is -2.39. The van der Waals surface area contributed by atoms with Gasteiger partial charge >= 0.3 is 6.09 Å². The van der Waals surface area contributed by atoms with E-state index in [2.05, 4.69) is 4.90 Å². The van der Waals surface area contributed by atoms with Crippen LogP contribution >= 0.6 is 0 Å². The Morgan fingerprint density at radius 2 is 1.94 bits per heavy atom. The second-order valence-electron chi connectivity index (χ2n) is 6.25. The van der Waals surface area contributed by atoms with E-state index in [1.165, 1.54) is 0 Å². The number of nitrogens with zero attached hydrogens (tertiary/aromatic N) is 2. The van der Waals surface area contributed by atoms with Crippen molar-refractivity contribution in [1.82, 2.24) is 9.80 Å². The SMILES string of the molecule is CC(C)(C)OC(=O)N1CCC(N2CC[C@@H](F)C2)C1. The fraction of sp³-hybridized carbons (Fsp3) is 0.923. The predicted molar refractivity (Wildman–Crippen MR) is 67.3 cm³/mol. The van der Waals surface area contributed by atoms with Crippen LogP contribution in [-0.4, -0.2) is 59.9 Å². The van der Waals surface area contributed by atoms with Gasteiger partial charge in [-0.15, -0.1) is 0 Å². The molecule has 1 amide bonds. The van der Waals surface area contributed by atoms with Gasteiger partial charge in [-0.1, -0.05) is 0 Å². The molecule has 0 aromatic carbocycles. The van der Waals surface area contributed by atoms with Gasteiger partial charge in [0.25, 0.3) is 0 Å². The lowest BCUT2D eigenvalue weighted by Gasteiger charge is -2.26. The minimum absolute atomic E-state index is 0.249. The van der Waals surface area contributed by atoms with Crippen LogP contribution < -0.4 is 0 Å². The van der Waals surface area contributed by atoms with Crippen LogP contribution in [0.4, 0.5) is 9.18 Å². The fourth-order valence-electron chi connectivity index (χ4n) is 2.61. The van der Waals surface area contributed by atoms with Gasteiger partial charge < -0.3 is 9.64 Å². The monoisotopic (exact) mass is 258 g/mol. The molecule has 2 fully saturated rings. The highest BCUT2D eigenvalue weighted by molar-refractivity contribution is 5.68. The molecule has 0 N–H and O–H groups in total. The number of hydrogen-bond acceptors (Lipinski definition) is 3. The lowest BCUT2D eigenvalue weighted by molar-refractivity contribution is 0.0282. The number of likely N-dealkylation sites (tertiary alicyclic amines) is 2. The van der Waals surface area contributed by atoms with E-state index in [0.29, 0.717) is 32.1 Å². The Morgan fingerprint density at radius 3 is 2.50 bits per heavy atom. The number of amides is 1. The summed E-state index contributed by atoms with van der Waals surface area (Å²) in [5.74, 6) is 0. The van der Waals surface area contributed by atoms with Crippen molar-refractivity contribution < 1.29 is 13.9 Å². The van der Waals surface area contributed by atoms with Crippen molar-refractivity contribution in [3.8, 4) is 0 Å². The molecular formula is C13H23FN2O2. The minimum Gasteiger partial charge on any atom is -0.444 e. The van der Waals surface area contributed by atoms with Crippen LogP contribution in [0, 0.1) is 0 Å². The minimum atomic E-state index is -0.694. The topological polar surface area (TPSA) is 32.8 Å². The van der Waals surface area contributed by atoms with E-state index in [1.54, 1.807) is 4.90 Å². The molecular weight excluding hydrogens is 235 g/mol. The van der Waals surface area contributed by atoms with Gasteiger partial charge in [0.2, 0.25) is 0 Å². The molecule has 5 heteroatoms. The van der Waals surface area contributed by atoms with Gasteiger partial charge in [0, 0.05) is 32.2 Å². The summed E-state index contributed by atoms with van der Waals surface area (Å²) < 4.78 is 18.5. The third kappa shape index (κ3) is 3.34. The third-order valence-corrected chi connectivity index (χ3v) is 3.49. The van der Waals surface area contributed by atoms with Crippen LogP contribution in [0.1, 0.15) is 33.6 Å². The molecule has 0 bridgehead atoms. The van der Waals surface area contributed by atoms with Crippen molar-refractivity contribution >= 4 is 6.09 Å². The molecule has 0 aromatic heterocycles. The van der Waals surface area contributed by atoms with Gasteiger partial charge in [-0.05, 0) is 33.6 Å². The molecule has 18 heavy (non-hydrogen) atoms. The van der Waals surface area contributed by atoms with E-state index >= 15 is 0 Å². The second-order valence-corrected chi connectivity index (χ2v) is 6.25. The molecule has 2 saturated heterocycles. The summed E-state index contributed by atoms with van der Waals surface area (Å²) in [5.41, 5.74) is -0.452. The summed E-state index contributed by atoms with van der Waals surface area (Å²) in [6.45, 7) is 8.32. The zero-order valence-electron chi connectivity index (χ0n) is 11.5. The maximum absolute atomic E-state index is 13.2. The van der Waals surface area contributed by atoms with Crippen LogP contribution in [0.2, 0.25) is 0 Å². The van der Waals surface area contributed by atoms with Crippen LogP contribution in [0.15, 0.2) is 0 Å². The van der Waals surface area contributed by atoms with Crippen LogP contribution in [0.25, 0.3) is 0 Å². The smallest absolute Gasteiger partial charge is 0.410 e. The fourth-order valence-corrected chi connectivity index (χ4v) is 2.61. The Hall–Kier alpha value is -0.840. The lowest BCUT2D eigenvalue weighted by atomic mass is 10.2. The van der Waals surface area contributed by atoms with E-state index in [-0.39, 0.29) is 6.09 Å². The number of carbonyl (C=O) groups excluding carboxylic acids is 1. The highest BCUT2D eigenvalue weighted by atomic mass is 19.1. The Morgan fingerprint density at radius 1 is 1.22 bits per heavy atom. The number of carbonyl (C=O) groups is 1. The molecule has 4 nitrogen and oxygen atoms in total. The number of halogens is 1. The maximum atomic E-state index is 13.2. The van der Waals surface area contributed by atoms with Crippen LogP contribution in [0.3, 0.4) is 0 Å². The zero-order valence-corrected chi connectivity index (χ0v) is 11.5. The molecule has 0 aromatic rings. The average Bonchev–Trinajstić information content (AvgIpc) is 2.82. The summed E-state index contributed by atoms with van der Waals surface area (Å²) in [4.78, 5) is 15.8. The van der Waals surface area contributed by atoms with Crippen molar-refractivity contribution in [2.24, 2.45) is 0 Å². The molecule has 2 atom stereocenters. The van der Waals surface area contributed by atoms with Gasteiger partial charge in [-0.3, -0.25) is 4.90 Å². The third-order valence-electron chi connectivity index (χ3n) is 3.49. The first-order valence-corrected chi connectivity index (χ1v) is 6.71. The van der Waals surface area contributed by atoms with Gasteiger partial charge in [0.15, 0.2) is 0 Å². The van der Waals surface area contributed by atoms with Crippen LogP contribution in [0.5, 0.6) is 0 Å². The molecule has 0 spiro atoms.